The summed E-state index contributed by atoms with van der Waals surface area (Å²) < 4.78 is 6.08. The number of nitrogen functional groups attached to an aromatic ring is 1. The van der Waals surface area contributed by atoms with Crippen LogP contribution in [0.5, 0.6) is 11.5 Å². The molecule has 2 N–H and O–H groups in total. The number of anilines is 1. The van der Waals surface area contributed by atoms with Crippen molar-refractivity contribution < 1.29 is 4.74 Å². The smallest absolute Gasteiger partial charge is 0.135 e. The Labute approximate surface area is 118 Å². The third-order valence-corrected chi connectivity index (χ3v) is 3.47. The predicted molar refractivity (Wildman–Crippen MR) is 84.4 cm³/mol. The van der Waals surface area contributed by atoms with Gasteiger partial charge >= 0.3 is 0 Å². The highest BCUT2D eigenvalue weighted by Gasteiger charge is 2.07. The second-order valence-electron chi connectivity index (χ2n) is 5.07. The predicted octanol–water partition coefficient (Wildman–Crippen LogP) is 4.83. The molecule has 0 unspecified atom stereocenters. The van der Waals surface area contributed by atoms with Gasteiger partial charge in [0.05, 0.1) is 0 Å². The Kier molecular flexibility index (Phi) is 3.07. The molecule has 0 aliphatic carbocycles. The number of nitrogens with two attached hydrogens (primary N) is 1. The molecule has 0 fully saturated rings. The minimum Gasteiger partial charge on any atom is -0.456 e. The van der Waals surface area contributed by atoms with E-state index < -0.39 is 0 Å². The summed E-state index contributed by atoms with van der Waals surface area (Å²) in [5, 5.41) is 2.06. The molecule has 3 aromatic rings. The minimum atomic E-state index is 0.772. The van der Waals surface area contributed by atoms with E-state index in [0.717, 1.165) is 33.5 Å². The molecular weight excluding hydrogens is 246 g/mol. The Hall–Kier alpha value is -2.48. The van der Waals surface area contributed by atoms with Gasteiger partial charge in [0.1, 0.15) is 11.5 Å². The van der Waals surface area contributed by atoms with Crippen LogP contribution in [-0.2, 0) is 0 Å². The standard InChI is InChI=1S/C18H17NO/c1-12-7-9-17(13(2)11-12)20-18-10-8-16(19)14-5-3-4-6-15(14)18/h3-11H,19H2,1-2H3. The molecule has 0 saturated carbocycles. The van der Waals surface area contributed by atoms with Gasteiger partial charge in [0.25, 0.3) is 0 Å². The molecule has 0 spiro atoms. The normalized spacial score (nSPS) is 10.7. The van der Waals surface area contributed by atoms with Crippen LogP contribution >= 0.6 is 0 Å². The van der Waals surface area contributed by atoms with Crippen LogP contribution in [-0.4, -0.2) is 0 Å². The van der Waals surface area contributed by atoms with Crippen molar-refractivity contribution in [3.63, 3.8) is 0 Å². The van der Waals surface area contributed by atoms with E-state index in [1.54, 1.807) is 0 Å². The van der Waals surface area contributed by atoms with Gasteiger partial charge in [0.15, 0.2) is 0 Å². The van der Waals surface area contributed by atoms with Gasteiger partial charge < -0.3 is 10.5 Å². The Balaban J connectivity index is 2.09. The molecule has 0 heterocycles. The lowest BCUT2D eigenvalue weighted by molar-refractivity contribution is 0.484. The lowest BCUT2D eigenvalue weighted by atomic mass is 10.1. The van der Waals surface area contributed by atoms with Gasteiger partial charge in [-0.25, -0.2) is 0 Å². The zero-order valence-electron chi connectivity index (χ0n) is 11.7. The van der Waals surface area contributed by atoms with Crippen molar-refractivity contribution in [3.8, 4) is 11.5 Å². The van der Waals surface area contributed by atoms with E-state index >= 15 is 0 Å². The van der Waals surface area contributed by atoms with E-state index in [1.807, 2.05) is 42.5 Å². The molecule has 100 valence electrons. The van der Waals surface area contributed by atoms with Crippen LogP contribution in [0, 0.1) is 13.8 Å². The van der Waals surface area contributed by atoms with Crippen molar-refractivity contribution in [1.82, 2.24) is 0 Å². The molecule has 3 aromatic carbocycles. The molecule has 0 amide bonds. The van der Waals surface area contributed by atoms with Gasteiger partial charge in [-0.1, -0.05) is 42.0 Å². The summed E-state index contributed by atoms with van der Waals surface area (Å²) in [6.07, 6.45) is 0. The monoisotopic (exact) mass is 263 g/mol. The molecule has 0 aromatic heterocycles. The fraction of sp³-hybridized carbons (Fsp3) is 0.111. The first-order chi connectivity index (χ1) is 9.65. The maximum Gasteiger partial charge on any atom is 0.135 e. The highest BCUT2D eigenvalue weighted by Crippen LogP contribution is 2.34. The lowest BCUT2D eigenvalue weighted by Gasteiger charge is -2.12. The van der Waals surface area contributed by atoms with Crippen molar-refractivity contribution in [2.45, 2.75) is 13.8 Å². The number of benzene rings is 3. The molecule has 0 aliphatic heterocycles. The van der Waals surface area contributed by atoms with Gasteiger partial charge in [-0.15, -0.1) is 0 Å². The average molecular weight is 263 g/mol. The molecule has 0 aliphatic rings. The summed E-state index contributed by atoms with van der Waals surface area (Å²) in [6, 6.07) is 18.0. The number of hydrogen-bond acceptors (Lipinski definition) is 2. The molecule has 0 radical (unpaired) electrons. The lowest BCUT2D eigenvalue weighted by Crippen LogP contribution is -1.92. The number of fused-ring (bicyclic) bond motifs is 1. The zero-order chi connectivity index (χ0) is 14.1. The SMILES string of the molecule is Cc1ccc(Oc2ccc(N)c3ccccc23)c(C)c1. The average Bonchev–Trinajstić information content (AvgIpc) is 2.45. The van der Waals surface area contributed by atoms with Crippen molar-refractivity contribution in [3.05, 3.63) is 65.7 Å². The molecule has 2 heteroatoms. The molecular formula is C18H17NO. The molecule has 2 nitrogen and oxygen atoms in total. The first kappa shape index (κ1) is 12.5. The van der Waals surface area contributed by atoms with Crippen LogP contribution in [0.25, 0.3) is 10.8 Å². The third-order valence-electron chi connectivity index (χ3n) is 3.47. The highest BCUT2D eigenvalue weighted by atomic mass is 16.5. The third kappa shape index (κ3) is 2.21. The summed E-state index contributed by atoms with van der Waals surface area (Å²) >= 11 is 0. The van der Waals surface area contributed by atoms with E-state index in [2.05, 4.69) is 26.0 Å². The van der Waals surface area contributed by atoms with Crippen molar-refractivity contribution >= 4 is 16.5 Å². The van der Waals surface area contributed by atoms with Crippen molar-refractivity contribution in [1.29, 1.82) is 0 Å². The maximum atomic E-state index is 6.08. The summed E-state index contributed by atoms with van der Waals surface area (Å²) in [5.41, 5.74) is 9.15. The molecule has 20 heavy (non-hydrogen) atoms. The minimum absolute atomic E-state index is 0.772. The van der Waals surface area contributed by atoms with Gasteiger partial charge in [-0.2, -0.15) is 0 Å². The van der Waals surface area contributed by atoms with Crippen molar-refractivity contribution in [2.75, 3.05) is 5.73 Å². The topological polar surface area (TPSA) is 35.2 Å². The maximum absolute atomic E-state index is 6.08. The van der Waals surface area contributed by atoms with Gasteiger partial charge in [0, 0.05) is 16.5 Å². The van der Waals surface area contributed by atoms with Crippen LogP contribution < -0.4 is 10.5 Å². The number of aryl methyl sites for hydroxylation is 2. The van der Waals surface area contributed by atoms with E-state index in [0.29, 0.717) is 0 Å². The summed E-state index contributed by atoms with van der Waals surface area (Å²) in [6.45, 7) is 4.14. The number of hydrogen-bond donors (Lipinski definition) is 1. The summed E-state index contributed by atoms with van der Waals surface area (Å²) in [4.78, 5) is 0. The molecule has 0 bridgehead atoms. The Morgan fingerprint density at radius 3 is 2.25 bits per heavy atom. The fourth-order valence-electron chi connectivity index (χ4n) is 2.42. The van der Waals surface area contributed by atoms with E-state index in [1.165, 1.54) is 5.56 Å². The second kappa shape index (κ2) is 4.89. The largest absolute Gasteiger partial charge is 0.456 e. The Morgan fingerprint density at radius 1 is 0.800 bits per heavy atom. The summed E-state index contributed by atoms with van der Waals surface area (Å²) in [7, 11) is 0. The molecule has 0 saturated heterocycles. The fourth-order valence-corrected chi connectivity index (χ4v) is 2.42. The van der Waals surface area contributed by atoms with E-state index in [9.17, 15) is 0 Å². The summed E-state index contributed by atoms with van der Waals surface area (Å²) in [5.74, 6) is 1.72. The Bertz CT molecular complexity index is 777. The molecule has 0 atom stereocenters. The highest BCUT2D eigenvalue weighted by molar-refractivity contribution is 5.97. The Morgan fingerprint density at radius 2 is 1.50 bits per heavy atom. The quantitative estimate of drug-likeness (QED) is 0.672. The molecule has 3 rings (SSSR count). The number of ether oxygens (including phenoxy) is 1. The van der Waals surface area contributed by atoms with Crippen LogP contribution in [0.4, 0.5) is 5.69 Å². The first-order valence-corrected chi connectivity index (χ1v) is 6.67. The van der Waals surface area contributed by atoms with Gasteiger partial charge in [-0.05, 0) is 37.6 Å². The van der Waals surface area contributed by atoms with Crippen LogP contribution in [0.1, 0.15) is 11.1 Å². The van der Waals surface area contributed by atoms with Crippen LogP contribution in [0.15, 0.2) is 54.6 Å². The van der Waals surface area contributed by atoms with Crippen LogP contribution in [0.3, 0.4) is 0 Å². The van der Waals surface area contributed by atoms with E-state index in [-0.39, 0.29) is 0 Å². The van der Waals surface area contributed by atoms with Gasteiger partial charge in [-0.3, -0.25) is 0 Å². The zero-order valence-corrected chi connectivity index (χ0v) is 11.7. The van der Waals surface area contributed by atoms with E-state index in [4.69, 9.17) is 10.5 Å². The van der Waals surface area contributed by atoms with Gasteiger partial charge in [0.2, 0.25) is 0 Å². The second-order valence-corrected chi connectivity index (χ2v) is 5.07. The first-order valence-electron chi connectivity index (χ1n) is 6.67. The van der Waals surface area contributed by atoms with Crippen molar-refractivity contribution in [2.24, 2.45) is 0 Å². The van der Waals surface area contributed by atoms with Crippen LogP contribution in [0.2, 0.25) is 0 Å². The number of rotatable bonds is 2.